The van der Waals surface area contributed by atoms with Gasteiger partial charge in [0.25, 0.3) is 0 Å². The summed E-state index contributed by atoms with van der Waals surface area (Å²) in [6.07, 6.45) is 8.01. The van der Waals surface area contributed by atoms with Gasteiger partial charge in [-0.1, -0.05) is 24.6 Å². The van der Waals surface area contributed by atoms with Crippen LogP contribution in [0.15, 0.2) is 42.5 Å². The Balaban J connectivity index is 1.60. The Morgan fingerprint density at radius 1 is 1.11 bits per heavy atom. The summed E-state index contributed by atoms with van der Waals surface area (Å²) in [5, 5.41) is 10.3. The van der Waals surface area contributed by atoms with Gasteiger partial charge in [0, 0.05) is 6.07 Å². The van der Waals surface area contributed by atoms with Gasteiger partial charge in [0.2, 0.25) is 0 Å². The summed E-state index contributed by atoms with van der Waals surface area (Å²) in [4.78, 5) is 25.3. The third-order valence-corrected chi connectivity index (χ3v) is 5.53. The summed E-state index contributed by atoms with van der Waals surface area (Å²) >= 11 is 0. The molecule has 4 rings (SSSR count). The van der Waals surface area contributed by atoms with Crippen LogP contribution in [0.25, 0.3) is 6.08 Å². The predicted octanol–water partition coefficient (Wildman–Crippen LogP) is 5.10. The lowest BCUT2D eigenvalue weighted by atomic mass is 9.78. The van der Waals surface area contributed by atoms with E-state index in [0.29, 0.717) is 23.3 Å². The fraction of sp³-hybridized carbons (Fsp3) is 0.304. The number of carbonyl (C=O) groups excluding carboxylic acids is 2. The maximum atomic E-state index is 13.0. The van der Waals surface area contributed by atoms with E-state index < -0.39 is 11.4 Å². The predicted molar refractivity (Wildman–Crippen MR) is 103 cm³/mol. The number of phenolic OH excluding ortho intramolecular Hbond substituents is 1. The van der Waals surface area contributed by atoms with E-state index in [1.807, 2.05) is 0 Å². The number of halogens is 1. The molecule has 144 valence electrons. The summed E-state index contributed by atoms with van der Waals surface area (Å²) in [5.41, 5.74) is 0.579. The summed E-state index contributed by atoms with van der Waals surface area (Å²) in [6, 6.07) is 8.50. The molecule has 28 heavy (non-hydrogen) atoms. The van der Waals surface area contributed by atoms with Gasteiger partial charge in [-0.05, 0) is 55.5 Å². The highest BCUT2D eigenvalue weighted by Crippen LogP contribution is 2.43. The molecule has 0 atom stereocenters. The number of rotatable bonds is 3. The van der Waals surface area contributed by atoms with Crippen LogP contribution in [0.4, 0.5) is 4.39 Å². The maximum absolute atomic E-state index is 13.0. The van der Waals surface area contributed by atoms with Crippen molar-refractivity contribution in [2.45, 2.75) is 44.1 Å². The quantitative estimate of drug-likeness (QED) is 0.595. The molecule has 2 aromatic carbocycles. The normalized spacial score (nSPS) is 18.1. The number of allylic oxidation sites excluding steroid dienone is 1. The van der Waals surface area contributed by atoms with Gasteiger partial charge in [0.1, 0.15) is 22.9 Å². The molecule has 0 radical (unpaired) electrons. The zero-order valence-corrected chi connectivity index (χ0v) is 15.4. The molecular weight excluding hydrogens is 359 g/mol. The standard InChI is InChI=1S/C23H21FO4/c24-16-7-4-15(5-8-16)6-9-19(25)17-12-18-21(27)14-23(10-2-1-3-11-23)28-22(18)13-20(17)26/h4-9,12-13,26H,1-3,10-11,14H2/b9-6+. The molecule has 1 aliphatic heterocycles. The molecule has 1 N–H and O–H groups in total. The number of Topliss-reactive ketones (excluding diaryl/α,β-unsaturated/α-hetero) is 1. The fourth-order valence-electron chi connectivity index (χ4n) is 4.04. The zero-order chi connectivity index (χ0) is 19.7. The Morgan fingerprint density at radius 2 is 1.82 bits per heavy atom. The SMILES string of the molecule is O=C(/C=C/c1ccc(F)cc1)c1cc2c(cc1O)OC1(CCCCC1)CC2=O. The number of carbonyl (C=O) groups is 2. The number of phenols is 1. The van der Waals surface area contributed by atoms with Crippen LogP contribution in [0.1, 0.15) is 64.8 Å². The summed E-state index contributed by atoms with van der Waals surface area (Å²) in [6.45, 7) is 0. The highest BCUT2D eigenvalue weighted by Gasteiger charge is 2.41. The van der Waals surface area contributed by atoms with E-state index in [1.54, 1.807) is 12.1 Å². The van der Waals surface area contributed by atoms with Gasteiger partial charge in [-0.25, -0.2) is 4.39 Å². The Morgan fingerprint density at radius 3 is 2.54 bits per heavy atom. The molecule has 2 aromatic rings. The number of ether oxygens (including phenoxy) is 1. The Hall–Kier alpha value is -2.95. The van der Waals surface area contributed by atoms with Gasteiger partial charge in [-0.3, -0.25) is 9.59 Å². The molecule has 0 aromatic heterocycles. The van der Waals surface area contributed by atoms with Crippen molar-refractivity contribution in [3.63, 3.8) is 0 Å². The van der Waals surface area contributed by atoms with Crippen LogP contribution in [-0.2, 0) is 0 Å². The molecule has 4 nitrogen and oxygen atoms in total. The minimum Gasteiger partial charge on any atom is -0.507 e. The van der Waals surface area contributed by atoms with Crippen LogP contribution in [0.2, 0.25) is 0 Å². The highest BCUT2D eigenvalue weighted by atomic mass is 19.1. The number of ketones is 2. The molecule has 0 saturated heterocycles. The van der Waals surface area contributed by atoms with Crippen LogP contribution >= 0.6 is 0 Å². The molecule has 2 aliphatic rings. The fourth-order valence-corrected chi connectivity index (χ4v) is 4.04. The molecule has 1 fully saturated rings. The molecule has 5 heteroatoms. The number of hydrogen-bond donors (Lipinski definition) is 1. The topological polar surface area (TPSA) is 63.6 Å². The molecule has 0 unspecified atom stereocenters. The van der Waals surface area contributed by atoms with Crippen molar-refractivity contribution in [1.29, 1.82) is 0 Å². The van der Waals surface area contributed by atoms with E-state index in [2.05, 4.69) is 0 Å². The zero-order valence-electron chi connectivity index (χ0n) is 15.4. The average Bonchev–Trinajstić information content (AvgIpc) is 2.67. The van der Waals surface area contributed by atoms with Crippen LogP contribution in [-0.4, -0.2) is 22.3 Å². The first kappa shape index (κ1) is 18.4. The minimum atomic E-state index is -0.469. The average molecular weight is 380 g/mol. The second-order valence-electron chi connectivity index (χ2n) is 7.56. The third kappa shape index (κ3) is 3.57. The highest BCUT2D eigenvalue weighted by molar-refractivity contribution is 6.11. The van der Waals surface area contributed by atoms with Crippen molar-refractivity contribution in [3.8, 4) is 11.5 Å². The molecule has 0 bridgehead atoms. The Labute approximate surface area is 162 Å². The smallest absolute Gasteiger partial charge is 0.189 e. The van der Waals surface area contributed by atoms with Gasteiger partial charge in [-0.15, -0.1) is 0 Å². The van der Waals surface area contributed by atoms with Crippen molar-refractivity contribution in [2.75, 3.05) is 0 Å². The van der Waals surface area contributed by atoms with Gasteiger partial charge < -0.3 is 9.84 Å². The van der Waals surface area contributed by atoms with Crippen molar-refractivity contribution in [2.24, 2.45) is 0 Å². The number of hydrogen-bond acceptors (Lipinski definition) is 4. The van der Waals surface area contributed by atoms with Crippen molar-refractivity contribution >= 4 is 17.6 Å². The van der Waals surface area contributed by atoms with Gasteiger partial charge in [0.05, 0.1) is 17.5 Å². The van der Waals surface area contributed by atoms with E-state index in [0.717, 1.165) is 32.1 Å². The van der Waals surface area contributed by atoms with E-state index in [-0.39, 0.29) is 22.9 Å². The molecular formula is C23H21FO4. The van der Waals surface area contributed by atoms with Crippen molar-refractivity contribution < 1.29 is 23.8 Å². The monoisotopic (exact) mass is 380 g/mol. The summed E-state index contributed by atoms with van der Waals surface area (Å²) in [7, 11) is 0. The molecule has 1 spiro atoms. The first-order valence-electron chi connectivity index (χ1n) is 9.53. The first-order chi connectivity index (χ1) is 13.5. The van der Waals surface area contributed by atoms with Crippen LogP contribution in [0, 0.1) is 5.82 Å². The van der Waals surface area contributed by atoms with Gasteiger partial charge >= 0.3 is 0 Å². The number of aromatic hydroxyl groups is 1. The largest absolute Gasteiger partial charge is 0.507 e. The van der Waals surface area contributed by atoms with Crippen LogP contribution in [0.5, 0.6) is 11.5 Å². The van der Waals surface area contributed by atoms with Crippen LogP contribution < -0.4 is 4.74 Å². The maximum Gasteiger partial charge on any atom is 0.189 e. The van der Waals surface area contributed by atoms with Gasteiger partial charge in [0.15, 0.2) is 11.6 Å². The number of fused-ring (bicyclic) bond motifs is 1. The van der Waals surface area contributed by atoms with Crippen molar-refractivity contribution in [3.05, 3.63) is 65.0 Å². The number of benzene rings is 2. The minimum absolute atomic E-state index is 0.0497. The Bertz CT molecular complexity index is 953. The Kier molecular flexibility index (Phi) is 4.75. The van der Waals surface area contributed by atoms with Crippen molar-refractivity contribution in [1.82, 2.24) is 0 Å². The molecule has 1 heterocycles. The van der Waals surface area contributed by atoms with E-state index in [4.69, 9.17) is 4.74 Å². The van der Waals surface area contributed by atoms with Gasteiger partial charge in [-0.2, -0.15) is 0 Å². The van der Waals surface area contributed by atoms with E-state index in [9.17, 15) is 19.1 Å². The van der Waals surface area contributed by atoms with E-state index >= 15 is 0 Å². The summed E-state index contributed by atoms with van der Waals surface area (Å²) in [5.74, 6) is -0.706. The first-order valence-corrected chi connectivity index (χ1v) is 9.53. The lowest BCUT2D eigenvalue weighted by Crippen LogP contribution is -2.43. The molecule has 0 amide bonds. The second kappa shape index (κ2) is 7.23. The molecule has 1 aliphatic carbocycles. The second-order valence-corrected chi connectivity index (χ2v) is 7.56. The van der Waals surface area contributed by atoms with E-state index in [1.165, 1.54) is 36.4 Å². The molecule has 1 saturated carbocycles. The summed E-state index contributed by atoms with van der Waals surface area (Å²) < 4.78 is 19.1. The van der Waals surface area contributed by atoms with Crippen LogP contribution in [0.3, 0.4) is 0 Å². The lowest BCUT2D eigenvalue weighted by molar-refractivity contribution is 0.0135. The lowest BCUT2D eigenvalue weighted by Gasteiger charge is -2.40. The third-order valence-electron chi connectivity index (χ3n) is 5.53.